The monoisotopic (exact) mass is 340 g/mol. The van der Waals surface area contributed by atoms with Gasteiger partial charge in [-0.15, -0.1) is 11.3 Å². The summed E-state index contributed by atoms with van der Waals surface area (Å²) < 4.78 is 0. The van der Waals surface area contributed by atoms with Gasteiger partial charge in [0.2, 0.25) is 12.3 Å². The first-order valence-electron chi connectivity index (χ1n) is 7.60. The lowest BCUT2D eigenvalue weighted by Crippen LogP contribution is -2.49. The highest BCUT2D eigenvalue weighted by Crippen LogP contribution is 2.10. The number of hydrogen-bond donors (Lipinski definition) is 4. The summed E-state index contributed by atoms with van der Waals surface area (Å²) in [6, 6.07) is 3.20. The summed E-state index contributed by atoms with van der Waals surface area (Å²) >= 11 is 1.58. The minimum Gasteiger partial charge on any atom is -0.359 e. The van der Waals surface area contributed by atoms with Crippen LogP contribution in [0.3, 0.4) is 0 Å². The normalized spacial score (nSPS) is 12.8. The summed E-state index contributed by atoms with van der Waals surface area (Å²) in [5.41, 5.74) is 0. The van der Waals surface area contributed by atoms with Crippen LogP contribution in [0.2, 0.25) is 0 Å². The van der Waals surface area contributed by atoms with E-state index in [-0.39, 0.29) is 18.0 Å². The van der Waals surface area contributed by atoms with Gasteiger partial charge in [0, 0.05) is 24.0 Å². The van der Waals surface area contributed by atoms with E-state index >= 15 is 0 Å². The van der Waals surface area contributed by atoms with Crippen LogP contribution >= 0.6 is 11.3 Å². The molecule has 0 bridgehead atoms. The predicted molar refractivity (Wildman–Crippen MR) is 90.0 cm³/mol. The molecular weight excluding hydrogens is 316 g/mol. The van der Waals surface area contributed by atoms with Gasteiger partial charge in [-0.25, -0.2) is 4.79 Å². The second-order valence-electron chi connectivity index (χ2n) is 5.06. The van der Waals surface area contributed by atoms with Crippen LogP contribution in [0.4, 0.5) is 4.79 Å². The van der Waals surface area contributed by atoms with Gasteiger partial charge in [-0.1, -0.05) is 13.0 Å². The molecular formula is C15H24N4O3S. The smallest absolute Gasteiger partial charge is 0.315 e. The van der Waals surface area contributed by atoms with Crippen molar-refractivity contribution >= 4 is 29.7 Å². The summed E-state index contributed by atoms with van der Waals surface area (Å²) in [6.07, 6.45) is 1.08. The van der Waals surface area contributed by atoms with Gasteiger partial charge in [-0.2, -0.15) is 0 Å². The highest BCUT2D eigenvalue weighted by Gasteiger charge is 2.25. The SMILES string of the molecule is CCNC(=O)NC(CCNC=O)[C@H](C)C(=O)NCc1cccs1. The minimum absolute atomic E-state index is 0.133. The third-order valence-corrected chi connectivity index (χ3v) is 4.25. The third-order valence-electron chi connectivity index (χ3n) is 3.37. The minimum atomic E-state index is -0.411. The fourth-order valence-electron chi connectivity index (χ4n) is 2.06. The van der Waals surface area contributed by atoms with Gasteiger partial charge in [-0.05, 0) is 24.8 Å². The molecule has 4 amide bonds. The number of hydrogen-bond acceptors (Lipinski definition) is 4. The maximum atomic E-state index is 12.3. The Morgan fingerprint density at radius 2 is 2.13 bits per heavy atom. The Kier molecular flexibility index (Phi) is 8.74. The maximum absolute atomic E-state index is 12.3. The van der Waals surface area contributed by atoms with Gasteiger partial charge < -0.3 is 21.3 Å². The average Bonchev–Trinajstić information content (AvgIpc) is 3.04. The van der Waals surface area contributed by atoms with Crippen molar-refractivity contribution in [3.05, 3.63) is 22.4 Å². The number of urea groups is 1. The van der Waals surface area contributed by atoms with E-state index in [0.717, 1.165) is 4.88 Å². The summed E-state index contributed by atoms with van der Waals surface area (Å²) in [5, 5.41) is 12.8. The lowest BCUT2D eigenvalue weighted by atomic mass is 9.98. The molecule has 0 aliphatic heterocycles. The van der Waals surface area contributed by atoms with E-state index in [2.05, 4.69) is 21.3 Å². The Labute approximate surface area is 140 Å². The number of thiophene rings is 1. The van der Waals surface area contributed by atoms with Crippen molar-refractivity contribution in [2.75, 3.05) is 13.1 Å². The summed E-state index contributed by atoms with van der Waals surface area (Å²) in [7, 11) is 0. The fourth-order valence-corrected chi connectivity index (χ4v) is 2.70. The van der Waals surface area contributed by atoms with Crippen LogP contribution < -0.4 is 21.3 Å². The lowest BCUT2D eigenvalue weighted by Gasteiger charge is -2.24. The van der Waals surface area contributed by atoms with Gasteiger partial charge in [-0.3, -0.25) is 9.59 Å². The number of nitrogens with one attached hydrogen (secondary N) is 4. The van der Waals surface area contributed by atoms with Crippen LogP contribution in [0.15, 0.2) is 17.5 Å². The Morgan fingerprint density at radius 3 is 2.74 bits per heavy atom. The zero-order valence-corrected chi connectivity index (χ0v) is 14.2. The number of rotatable bonds is 10. The van der Waals surface area contributed by atoms with Crippen LogP contribution in [0.1, 0.15) is 25.1 Å². The average molecular weight is 340 g/mol. The summed E-state index contributed by atoms with van der Waals surface area (Å²) in [5.74, 6) is -0.544. The summed E-state index contributed by atoms with van der Waals surface area (Å²) in [4.78, 5) is 35.4. The third kappa shape index (κ3) is 7.14. The molecule has 0 saturated carbocycles. The maximum Gasteiger partial charge on any atom is 0.315 e. The van der Waals surface area contributed by atoms with E-state index in [1.807, 2.05) is 24.4 Å². The molecule has 4 N–H and O–H groups in total. The largest absolute Gasteiger partial charge is 0.359 e. The van der Waals surface area contributed by atoms with Gasteiger partial charge in [0.05, 0.1) is 12.5 Å². The molecule has 8 heteroatoms. The molecule has 1 rings (SSSR count). The Hall–Kier alpha value is -2.09. The molecule has 1 aromatic heterocycles. The molecule has 2 atom stereocenters. The molecule has 0 fully saturated rings. The molecule has 0 spiro atoms. The highest BCUT2D eigenvalue weighted by atomic mass is 32.1. The van der Waals surface area contributed by atoms with E-state index < -0.39 is 5.92 Å². The van der Waals surface area contributed by atoms with Crippen molar-refractivity contribution < 1.29 is 14.4 Å². The van der Waals surface area contributed by atoms with E-state index in [9.17, 15) is 14.4 Å². The fraction of sp³-hybridized carbons (Fsp3) is 0.533. The molecule has 0 aliphatic carbocycles. The van der Waals surface area contributed by atoms with Crippen LogP contribution in [0.5, 0.6) is 0 Å². The second kappa shape index (κ2) is 10.6. The molecule has 1 aromatic rings. The van der Waals surface area contributed by atoms with Crippen molar-refractivity contribution in [3.8, 4) is 0 Å². The molecule has 1 unspecified atom stereocenters. The first kappa shape index (κ1) is 19.0. The molecule has 1 heterocycles. The number of carbonyl (C=O) groups is 3. The Morgan fingerprint density at radius 1 is 1.35 bits per heavy atom. The standard InChI is InChI=1S/C15H24N4O3S/c1-3-17-15(22)19-13(6-7-16-10-20)11(2)14(21)18-9-12-5-4-8-23-12/h4-5,8,10-11,13H,3,6-7,9H2,1-2H3,(H,16,20)(H,18,21)(H2,17,19,22)/t11-,13?/m0/s1. The molecule has 0 saturated heterocycles. The van der Waals surface area contributed by atoms with Crippen molar-refractivity contribution in [3.63, 3.8) is 0 Å². The predicted octanol–water partition coefficient (Wildman–Crippen LogP) is 0.824. The highest BCUT2D eigenvalue weighted by molar-refractivity contribution is 7.09. The zero-order valence-electron chi connectivity index (χ0n) is 13.4. The van der Waals surface area contributed by atoms with Crippen molar-refractivity contribution in [2.24, 2.45) is 5.92 Å². The van der Waals surface area contributed by atoms with Crippen LogP contribution in [-0.2, 0) is 16.1 Å². The van der Waals surface area contributed by atoms with E-state index in [0.29, 0.717) is 32.5 Å². The van der Waals surface area contributed by atoms with Gasteiger partial charge in [0.25, 0.3) is 0 Å². The zero-order chi connectivity index (χ0) is 17.1. The van der Waals surface area contributed by atoms with Crippen LogP contribution in [0, 0.1) is 5.92 Å². The first-order chi connectivity index (χ1) is 11.1. The number of carbonyl (C=O) groups excluding carboxylic acids is 3. The quantitative estimate of drug-likeness (QED) is 0.375. The van der Waals surface area contributed by atoms with Crippen LogP contribution in [-0.4, -0.2) is 37.5 Å². The molecule has 0 aliphatic rings. The Balaban J connectivity index is 2.56. The lowest BCUT2D eigenvalue weighted by molar-refractivity contribution is -0.125. The van der Waals surface area contributed by atoms with Gasteiger partial charge in [0.1, 0.15) is 0 Å². The number of amides is 4. The van der Waals surface area contributed by atoms with Crippen LogP contribution in [0.25, 0.3) is 0 Å². The molecule has 0 aromatic carbocycles. The van der Waals surface area contributed by atoms with Crippen molar-refractivity contribution in [1.29, 1.82) is 0 Å². The molecule has 7 nitrogen and oxygen atoms in total. The van der Waals surface area contributed by atoms with Gasteiger partial charge in [0.15, 0.2) is 0 Å². The topological polar surface area (TPSA) is 99.3 Å². The summed E-state index contributed by atoms with van der Waals surface area (Å²) in [6.45, 7) is 4.95. The molecule has 23 heavy (non-hydrogen) atoms. The van der Waals surface area contributed by atoms with E-state index in [1.165, 1.54) is 0 Å². The second-order valence-corrected chi connectivity index (χ2v) is 6.09. The molecule has 128 valence electrons. The van der Waals surface area contributed by atoms with E-state index in [4.69, 9.17) is 0 Å². The van der Waals surface area contributed by atoms with Crippen molar-refractivity contribution in [1.82, 2.24) is 21.3 Å². The van der Waals surface area contributed by atoms with E-state index in [1.54, 1.807) is 18.3 Å². The van der Waals surface area contributed by atoms with Crippen molar-refractivity contribution in [2.45, 2.75) is 32.9 Å². The molecule has 0 radical (unpaired) electrons. The Bertz CT molecular complexity index is 493. The van der Waals surface area contributed by atoms with Gasteiger partial charge >= 0.3 is 6.03 Å². The first-order valence-corrected chi connectivity index (χ1v) is 8.48.